The second-order valence-corrected chi connectivity index (χ2v) is 10.8. The van der Waals surface area contributed by atoms with Gasteiger partial charge in [-0.25, -0.2) is 0 Å². The highest BCUT2D eigenvalue weighted by atomic mass is 31.2. The van der Waals surface area contributed by atoms with Gasteiger partial charge in [-0.2, -0.15) is 0 Å². The summed E-state index contributed by atoms with van der Waals surface area (Å²) in [6.45, 7) is 3.74. The van der Waals surface area contributed by atoms with E-state index >= 15 is 0 Å². The van der Waals surface area contributed by atoms with Gasteiger partial charge in [0.1, 0.15) is 6.04 Å². The number of benzene rings is 1. The standard InChI is InChI=1S/C21H34N3O6P/c1-14(2)12-16(21(28)24-17(20(23)27)9-11-19(25)26)13-31(29,30)18(22)10-8-15-6-4-3-5-7-15/h3-7,14,16-18H,8-13,22H2,1-2H3,(H2,23,27)(H,24,28)(H,25,26)(H,29,30)/t16-,17+,18-/m1/s1. The summed E-state index contributed by atoms with van der Waals surface area (Å²) in [7, 11) is -3.88. The Morgan fingerprint density at radius 1 is 1.13 bits per heavy atom. The molecule has 0 bridgehead atoms. The second-order valence-electron chi connectivity index (χ2n) is 8.25. The molecule has 0 fully saturated rings. The van der Waals surface area contributed by atoms with Crippen molar-refractivity contribution >= 4 is 25.2 Å². The molecule has 0 saturated carbocycles. The molecule has 31 heavy (non-hydrogen) atoms. The van der Waals surface area contributed by atoms with E-state index in [0.29, 0.717) is 12.8 Å². The first-order valence-electron chi connectivity index (χ1n) is 10.3. The Morgan fingerprint density at radius 2 is 1.74 bits per heavy atom. The van der Waals surface area contributed by atoms with Gasteiger partial charge in [0.05, 0.1) is 5.78 Å². The van der Waals surface area contributed by atoms with E-state index < -0.39 is 42.9 Å². The first kappa shape index (κ1) is 26.8. The third-order valence-electron chi connectivity index (χ3n) is 5.01. The van der Waals surface area contributed by atoms with E-state index in [1.807, 2.05) is 44.2 Å². The Hall–Kier alpha value is -2.22. The number of primary amides is 1. The van der Waals surface area contributed by atoms with Crippen LogP contribution in [0, 0.1) is 11.8 Å². The first-order chi connectivity index (χ1) is 14.4. The van der Waals surface area contributed by atoms with Gasteiger partial charge in [0.2, 0.25) is 19.2 Å². The fraction of sp³-hybridized carbons (Fsp3) is 0.571. The zero-order valence-corrected chi connectivity index (χ0v) is 19.0. The monoisotopic (exact) mass is 455 g/mol. The van der Waals surface area contributed by atoms with Gasteiger partial charge in [0, 0.05) is 18.5 Å². The number of hydrogen-bond donors (Lipinski definition) is 5. The van der Waals surface area contributed by atoms with Crippen molar-refractivity contribution in [2.24, 2.45) is 23.3 Å². The summed E-state index contributed by atoms with van der Waals surface area (Å²) >= 11 is 0. The van der Waals surface area contributed by atoms with Crippen molar-refractivity contribution in [1.29, 1.82) is 0 Å². The molecule has 1 rings (SSSR count). The van der Waals surface area contributed by atoms with Gasteiger partial charge in [-0.1, -0.05) is 44.2 Å². The molecule has 7 N–H and O–H groups in total. The van der Waals surface area contributed by atoms with Gasteiger partial charge in [0.15, 0.2) is 0 Å². The quantitative estimate of drug-likeness (QED) is 0.265. The largest absolute Gasteiger partial charge is 0.481 e. The van der Waals surface area contributed by atoms with Crippen LogP contribution in [0.1, 0.15) is 45.1 Å². The highest BCUT2D eigenvalue weighted by Gasteiger charge is 2.35. The first-order valence-corrected chi connectivity index (χ1v) is 12.3. The maximum atomic E-state index is 12.9. The zero-order chi connectivity index (χ0) is 23.6. The lowest BCUT2D eigenvalue weighted by atomic mass is 9.97. The third-order valence-corrected chi connectivity index (χ3v) is 7.26. The summed E-state index contributed by atoms with van der Waals surface area (Å²) in [5.41, 5.74) is 12.3. The number of carboxylic acids is 1. The van der Waals surface area contributed by atoms with Crippen LogP contribution in [0.2, 0.25) is 0 Å². The second kappa shape index (κ2) is 12.6. The average molecular weight is 455 g/mol. The van der Waals surface area contributed by atoms with E-state index in [2.05, 4.69) is 5.32 Å². The number of rotatable bonds is 14. The summed E-state index contributed by atoms with van der Waals surface area (Å²) in [6.07, 6.45) is 0.316. The van der Waals surface area contributed by atoms with E-state index in [0.717, 1.165) is 5.56 Å². The molecule has 1 aromatic carbocycles. The average Bonchev–Trinajstić information content (AvgIpc) is 2.68. The van der Waals surface area contributed by atoms with Gasteiger partial charge in [-0.05, 0) is 37.2 Å². The minimum Gasteiger partial charge on any atom is -0.481 e. The van der Waals surface area contributed by atoms with E-state index in [9.17, 15) is 23.8 Å². The van der Waals surface area contributed by atoms with Crippen LogP contribution in [0.3, 0.4) is 0 Å². The number of amides is 2. The number of carboxylic acid groups (broad SMARTS) is 1. The number of nitrogens with one attached hydrogen (secondary N) is 1. The van der Waals surface area contributed by atoms with Crippen LogP contribution in [0.5, 0.6) is 0 Å². The predicted octanol–water partition coefficient (Wildman–Crippen LogP) is 1.67. The molecule has 0 spiro atoms. The van der Waals surface area contributed by atoms with E-state index in [4.69, 9.17) is 16.6 Å². The van der Waals surface area contributed by atoms with E-state index in [1.165, 1.54) is 0 Å². The van der Waals surface area contributed by atoms with Crippen molar-refractivity contribution in [1.82, 2.24) is 5.32 Å². The van der Waals surface area contributed by atoms with Crippen LogP contribution in [0.4, 0.5) is 0 Å². The molecule has 0 saturated heterocycles. The molecule has 174 valence electrons. The van der Waals surface area contributed by atoms with Gasteiger partial charge in [0.25, 0.3) is 0 Å². The van der Waals surface area contributed by atoms with Crippen molar-refractivity contribution in [3.63, 3.8) is 0 Å². The highest BCUT2D eigenvalue weighted by molar-refractivity contribution is 7.58. The zero-order valence-electron chi connectivity index (χ0n) is 18.1. The van der Waals surface area contributed by atoms with Crippen LogP contribution in [-0.2, 0) is 25.4 Å². The Morgan fingerprint density at radius 3 is 2.26 bits per heavy atom. The molecule has 0 radical (unpaired) electrons. The smallest absolute Gasteiger partial charge is 0.303 e. The SMILES string of the molecule is CC(C)C[C@H](CP(=O)(O)[C@@H](N)CCc1ccccc1)C(=O)N[C@@H](CCC(=O)O)C(N)=O. The number of carbonyl (C=O) groups is 3. The molecule has 4 atom stereocenters. The molecule has 9 nitrogen and oxygen atoms in total. The van der Waals surface area contributed by atoms with Crippen molar-refractivity contribution < 1.29 is 28.9 Å². The molecular weight excluding hydrogens is 421 g/mol. The molecule has 0 aliphatic rings. The molecule has 2 amide bonds. The van der Waals surface area contributed by atoms with Gasteiger partial charge in [-0.3, -0.25) is 18.9 Å². The number of carbonyl (C=O) groups excluding carboxylic acids is 2. The number of nitrogens with two attached hydrogens (primary N) is 2. The summed E-state index contributed by atoms with van der Waals surface area (Å²) < 4.78 is 12.9. The van der Waals surface area contributed by atoms with E-state index in [1.54, 1.807) is 0 Å². The fourth-order valence-electron chi connectivity index (χ4n) is 3.29. The topological polar surface area (TPSA) is 173 Å². The molecular formula is C21H34N3O6P. The Labute approximate surface area is 183 Å². The molecule has 0 aliphatic heterocycles. The molecule has 1 unspecified atom stereocenters. The third kappa shape index (κ3) is 10.1. The van der Waals surface area contributed by atoms with Crippen molar-refractivity contribution in [3.05, 3.63) is 35.9 Å². The summed E-state index contributed by atoms with van der Waals surface area (Å²) in [4.78, 5) is 45.7. The number of aryl methyl sites for hydroxylation is 1. The molecule has 0 aliphatic carbocycles. The normalized spacial score (nSPS) is 16.2. The summed E-state index contributed by atoms with van der Waals surface area (Å²) in [6, 6.07) is 8.29. The lowest BCUT2D eigenvalue weighted by Gasteiger charge is -2.26. The summed E-state index contributed by atoms with van der Waals surface area (Å²) in [5, 5.41) is 11.3. The maximum absolute atomic E-state index is 12.9. The molecule has 0 heterocycles. The van der Waals surface area contributed by atoms with E-state index in [-0.39, 0.29) is 31.3 Å². The maximum Gasteiger partial charge on any atom is 0.303 e. The van der Waals surface area contributed by atoms with Crippen LogP contribution in [0.25, 0.3) is 0 Å². The van der Waals surface area contributed by atoms with Gasteiger partial charge >= 0.3 is 5.97 Å². The lowest BCUT2D eigenvalue weighted by molar-refractivity contribution is -0.138. The van der Waals surface area contributed by atoms with Crippen molar-refractivity contribution in [2.45, 2.75) is 57.8 Å². The molecule has 10 heteroatoms. The molecule has 0 aromatic heterocycles. The van der Waals surface area contributed by atoms with Gasteiger partial charge in [-0.15, -0.1) is 0 Å². The number of aliphatic carboxylic acids is 1. The predicted molar refractivity (Wildman–Crippen MR) is 118 cm³/mol. The Bertz CT molecular complexity index is 787. The summed E-state index contributed by atoms with van der Waals surface area (Å²) in [5.74, 6) is -4.39. The Kier molecular flexibility index (Phi) is 10.9. The molecule has 1 aromatic rings. The van der Waals surface area contributed by atoms with Crippen LogP contribution < -0.4 is 16.8 Å². The van der Waals surface area contributed by atoms with Crippen LogP contribution in [0.15, 0.2) is 30.3 Å². The van der Waals surface area contributed by atoms with Crippen LogP contribution in [-0.4, -0.2) is 45.8 Å². The fourth-order valence-corrected chi connectivity index (χ4v) is 5.04. The minimum absolute atomic E-state index is 0.0438. The number of hydrogen-bond acceptors (Lipinski definition) is 5. The lowest BCUT2D eigenvalue weighted by Crippen LogP contribution is -2.47. The van der Waals surface area contributed by atoms with Crippen LogP contribution >= 0.6 is 7.37 Å². The Balaban J connectivity index is 2.83. The van der Waals surface area contributed by atoms with Crippen molar-refractivity contribution in [3.8, 4) is 0 Å². The minimum atomic E-state index is -3.88. The van der Waals surface area contributed by atoms with Gasteiger partial charge < -0.3 is 26.8 Å². The highest BCUT2D eigenvalue weighted by Crippen LogP contribution is 2.48. The van der Waals surface area contributed by atoms with Crippen molar-refractivity contribution in [2.75, 3.05) is 6.16 Å².